The number of methoxy groups -OCH3 is 1. The number of carbonyl (C=O) groups excluding carboxylic acids is 3. The zero-order valence-electron chi connectivity index (χ0n) is 18.1. The molecule has 0 unspecified atom stereocenters. The molecule has 10 nitrogen and oxygen atoms in total. The highest BCUT2D eigenvalue weighted by Crippen LogP contribution is 2.26. The zero-order valence-corrected chi connectivity index (χ0v) is 18.9. The fourth-order valence-electron chi connectivity index (χ4n) is 2.83. The Morgan fingerprint density at radius 1 is 0.794 bits per heavy atom. The maximum atomic E-state index is 12.8. The first kappa shape index (κ1) is 24.3. The van der Waals surface area contributed by atoms with Crippen molar-refractivity contribution in [1.82, 2.24) is 16.2 Å². The molecule has 3 amide bonds. The minimum absolute atomic E-state index is 0.00322. The molecule has 3 aromatic rings. The number of nitrogens with one attached hydrogen (secondary N) is 4. The van der Waals surface area contributed by atoms with Gasteiger partial charge < -0.3 is 10.1 Å². The predicted molar refractivity (Wildman–Crippen MR) is 125 cm³/mol. The van der Waals surface area contributed by atoms with Gasteiger partial charge in [0.25, 0.3) is 27.7 Å². The number of hydrogen-bond acceptors (Lipinski definition) is 6. The smallest absolute Gasteiger partial charge is 0.269 e. The molecule has 3 aromatic carbocycles. The molecule has 0 spiro atoms. The molecule has 3 rings (SSSR count). The molecule has 0 aliphatic heterocycles. The van der Waals surface area contributed by atoms with Crippen LogP contribution in [0.4, 0.5) is 5.69 Å². The van der Waals surface area contributed by atoms with Gasteiger partial charge in [0, 0.05) is 11.1 Å². The summed E-state index contributed by atoms with van der Waals surface area (Å²) in [7, 11) is -2.61. The van der Waals surface area contributed by atoms with Crippen LogP contribution in [-0.2, 0) is 14.8 Å². The van der Waals surface area contributed by atoms with E-state index >= 15 is 0 Å². The Hall–Kier alpha value is -4.38. The topological polar surface area (TPSA) is 143 Å². The van der Waals surface area contributed by atoms with Crippen LogP contribution in [0.3, 0.4) is 0 Å². The van der Waals surface area contributed by atoms with Crippen molar-refractivity contribution in [3.8, 4) is 5.75 Å². The predicted octanol–water partition coefficient (Wildman–Crippen LogP) is 1.69. The lowest BCUT2D eigenvalue weighted by atomic mass is 10.2. The van der Waals surface area contributed by atoms with E-state index in [0.717, 1.165) is 6.07 Å². The Kier molecular flexibility index (Phi) is 7.83. The Morgan fingerprint density at radius 3 is 2.21 bits per heavy atom. The maximum Gasteiger partial charge on any atom is 0.269 e. The van der Waals surface area contributed by atoms with Crippen LogP contribution < -0.4 is 25.6 Å². The van der Waals surface area contributed by atoms with Crippen molar-refractivity contribution >= 4 is 33.4 Å². The van der Waals surface area contributed by atoms with Crippen LogP contribution in [0.15, 0.2) is 83.8 Å². The number of anilines is 1. The molecule has 34 heavy (non-hydrogen) atoms. The third-order valence-corrected chi connectivity index (χ3v) is 5.88. The molecule has 0 fully saturated rings. The molecule has 0 aliphatic rings. The Balaban J connectivity index is 1.58. The van der Waals surface area contributed by atoms with Crippen LogP contribution >= 0.6 is 0 Å². The van der Waals surface area contributed by atoms with Gasteiger partial charge in [0.15, 0.2) is 0 Å². The van der Waals surface area contributed by atoms with Crippen LogP contribution in [0.1, 0.15) is 20.7 Å². The summed E-state index contributed by atoms with van der Waals surface area (Å²) in [6.07, 6.45) is 0. The summed E-state index contributed by atoms with van der Waals surface area (Å²) >= 11 is 0. The van der Waals surface area contributed by atoms with Gasteiger partial charge in [-0.25, -0.2) is 8.42 Å². The number of sulfonamides is 1. The number of hydrazine groups is 1. The van der Waals surface area contributed by atoms with E-state index in [2.05, 4.69) is 20.9 Å². The summed E-state index contributed by atoms with van der Waals surface area (Å²) in [5.41, 5.74) is 4.98. The quantitative estimate of drug-likeness (QED) is 0.360. The van der Waals surface area contributed by atoms with Gasteiger partial charge in [-0.05, 0) is 42.5 Å². The van der Waals surface area contributed by atoms with Crippen molar-refractivity contribution in [2.24, 2.45) is 0 Å². The molecule has 0 bridgehead atoms. The second-order valence-corrected chi connectivity index (χ2v) is 8.57. The maximum absolute atomic E-state index is 12.8. The number of carbonyl (C=O) groups is 3. The van der Waals surface area contributed by atoms with Crippen molar-refractivity contribution < 1.29 is 27.5 Å². The number of hydrogen-bond donors (Lipinski definition) is 4. The van der Waals surface area contributed by atoms with Gasteiger partial charge in [0.2, 0.25) is 0 Å². The van der Waals surface area contributed by atoms with Gasteiger partial charge in [-0.1, -0.05) is 36.4 Å². The highest BCUT2D eigenvalue weighted by atomic mass is 32.2. The fraction of sp³-hybridized carbons (Fsp3) is 0.0870. The second kappa shape index (κ2) is 11.0. The zero-order chi connectivity index (χ0) is 24.6. The molecule has 11 heteroatoms. The van der Waals surface area contributed by atoms with E-state index in [-0.39, 0.29) is 22.7 Å². The molecule has 0 aliphatic carbocycles. The molecular weight excluding hydrogens is 460 g/mol. The first-order valence-corrected chi connectivity index (χ1v) is 11.5. The second-order valence-electron chi connectivity index (χ2n) is 6.88. The van der Waals surface area contributed by atoms with Crippen LogP contribution in [0.5, 0.6) is 5.75 Å². The molecule has 0 saturated carbocycles. The van der Waals surface area contributed by atoms with E-state index in [0.29, 0.717) is 11.3 Å². The molecule has 0 atom stereocenters. The third-order valence-electron chi connectivity index (χ3n) is 4.52. The van der Waals surface area contributed by atoms with Crippen molar-refractivity contribution in [2.45, 2.75) is 4.90 Å². The summed E-state index contributed by atoms with van der Waals surface area (Å²) in [6.45, 7) is -0.370. The monoisotopic (exact) mass is 482 g/mol. The highest BCUT2D eigenvalue weighted by Gasteiger charge is 2.18. The summed E-state index contributed by atoms with van der Waals surface area (Å²) < 4.78 is 33.1. The summed E-state index contributed by atoms with van der Waals surface area (Å²) in [5, 5.41) is 2.42. The first-order chi connectivity index (χ1) is 16.3. The van der Waals surface area contributed by atoms with Gasteiger partial charge in [0.1, 0.15) is 5.75 Å². The van der Waals surface area contributed by atoms with Crippen LogP contribution in [0.2, 0.25) is 0 Å². The van der Waals surface area contributed by atoms with Crippen molar-refractivity contribution in [3.05, 3.63) is 90.0 Å². The summed E-state index contributed by atoms with van der Waals surface area (Å²) in [5.74, 6) is -1.51. The molecule has 0 radical (unpaired) electrons. The molecule has 0 aromatic heterocycles. The van der Waals surface area contributed by atoms with Gasteiger partial charge in [-0.15, -0.1) is 0 Å². The summed E-state index contributed by atoms with van der Waals surface area (Å²) in [4.78, 5) is 36.1. The molecular formula is C23H22N4O6S. The minimum atomic E-state index is -4.02. The lowest BCUT2D eigenvalue weighted by Crippen LogP contribution is -2.46. The normalized spacial score (nSPS) is 10.6. The van der Waals surface area contributed by atoms with Gasteiger partial charge in [-0.3, -0.25) is 30.0 Å². The van der Waals surface area contributed by atoms with Crippen LogP contribution in [0.25, 0.3) is 0 Å². The molecule has 4 N–H and O–H groups in total. The van der Waals surface area contributed by atoms with E-state index in [1.807, 2.05) is 0 Å². The third kappa shape index (κ3) is 6.33. The number of rotatable bonds is 8. The fourth-order valence-corrected chi connectivity index (χ4v) is 3.95. The Labute approximate surface area is 196 Å². The number of para-hydroxylation sites is 2. The number of ether oxygens (including phenoxy) is 1. The van der Waals surface area contributed by atoms with Gasteiger partial charge in [0.05, 0.1) is 24.2 Å². The van der Waals surface area contributed by atoms with Crippen LogP contribution in [0, 0.1) is 0 Å². The van der Waals surface area contributed by atoms with E-state index in [1.165, 1.54) is 25.3 Å². The van der Waals surface area contributed by atoms with E-state index in [1.54, 1.807) is 54.6 Å². The standard InChI is InChI=1S/C23H22N4O6S/c1-33-20-13-6-5-12-19(20)27-34(31,32)18-11-7-10-17(14-18)23(30)26-25-21(28)15-24-22(29)16-8-3-2-4-9-16/h2-14,27H,15H2,1H3,(H,24,29)(H,25,28)(H,26,30). The van der Waals surface area contributed by atoms with E-state index in [4.69, 9.17) is 4.74 Å². The number of amides is 3. The SMILES string of the molecule is COc1ccccc1NS(=O)(=O)c1cccc(C(=O)NNC(=O)CNC(=O)c2ccccc2)c1. The molecule has 0 saturated heterocycles. The average Bonchev–Trinajstić information content (AvgIpc) is 2.86. The Morgan fingerprint density at radius 2 is 1.47 bits per heavy atom. The number of benzene rings is 3. The van der Waals surface area contributed by atoms with Crippen molar-refractivity contribution in [1.29, 1.82) is 0 Å². The van der Waals surface area contributed by atoms with Crippen LogP contribution in [-0.4, -0.2) is 39.8 Å². The van der Waals surface area contributed by atoms with Gasteiger partial charge >= 0.3 is 0 Å². The molecule has 176 valence electrons. The van der Waals surface area contributed by atoms with E-state index < -0.39 is 27.7 Å². The van der Waals surface area contributed by atoms with Gasteiger partial charge in [-0.2, -0.15) is 0 Å². The van der Waals surface area contributed by atoms with E-state index in [9.17, 15) is 22.8 Å². The molecule has 0 heterocycles. The lowest BCUT2D eigenvalue weighted by Gasteiger charge is -2.12. The Bertz CT molecular complexity index is 1300. The van der Waals surface area contributed by atoms with Crippen molar-refractivity contribution in [2.75, 3.05) is 18.4 Å². The average molecular weight is 483 g/mol. The minimum Gasteiger partial charge on any atom is -0.495 e. The first-order valence-electron chi connectivity index (χ1n) is 9.98. The van der Waals surface area contributed by atoms with Crippen molar-refractivity contribution in [3.63, 3.8) is 0 Å². The lowest BCUT2D eigenvalue weighted by molar-refractivity contribution is -0.120. The highest BCUT2D eigenvalue weighted by molar-refractivity contribution is 7.92. The summed E-state index contributed by atoms with van der Waals surface area (Å²) in [6, 6.07) is 20.1. The largest absolute Gasteiger partial charge is 0.495 e.